The zero-order chi connectivity index (χ0) is 27.0. The SMILES string of the molecule is CCCCCCCCCCCCCCCCCCSCC(NC(C)=O)C(=O)NC(CC(C)C)C(=O)O. The summed E-state index contributed by atoms with van der Waals surface area (Å²) in [6, 6.07) is -1.64. The Morgan fingerprint density at radius 2 is 1.14 bits per heavy atom. The van der Waals surface area contributed by atoms with Gasteiger partial charge in [-0.2, -0.15) is 11.8 Å². The molecule has 3 N–H and O–H groups in total. The first-order valence-electron chi connectivity index (χ1n) is 14.7. The maximum absolute atomic E-state index is 12.6. The van der Waals surface area contributed by atoms with E-state index in [0.29, 0.717) is 12.2 Å². The third-order valence-electron chi connectivity index (χ3n) is 6.44. The summed E-state index contributed by atoms with van der Waals surface area (Å²) in [5.41, 5.74) is 0. The number of amides is 2. The lowest BCUT2D eigenvalue weighted by atomic mass is 10.0. The molecule has 0 aromatic heterocycles. The summed E-state index contributed by atoms with van der Waals surface area (Å²) < 4.78 is 0. The number of carbonyl (C=O) groups excluding carboxylic acids is 2. The van der Waals surface area contributed by atoms with Crippen molar-refractivity contribution in [1.29, 1.82) is 0 Å². The van der Waals surface area contributed by atoms with Crippen molar-refractivity contribution in [3.05, 3.63) is 0 Å². The highest BCUT2D eigenvalue weighted by Crippen LogP contribution is 2.15. The highest BCUT2D eigenvalue weighted by Gasteiger charge is 2.26. The average Bonchev–Trinajstić information content (AvgIpc) is 2.81. The minimum absolute atomic E-state index is 0.148. The van der Waals surface area contributed by atoms with Crippen LogP contribution in [0.5, 0.6) is 0 Å². The second-order valence-electron chi connectivity index (χ2n) is 10.7. The molecule has 0 bridgehead atoms. The maximum atomic E-state index is 12.6. The molecule has 0 radical (unpaired) electrons. The molecule has 0 aromatic carbocycles. The van der Waals surface area contributed by atoms with Crippen LogP contribution >= 0.6 is 11.8 Å². The molecule has 0 aliphatic heterocycles. The Morgan fingerprint density at radius 1 is 0.694 bits per heavy atom. The van der Waals surface area contributed by atoms with Crippen molar-refractivity contribution in [3.63, 3.8) is 0 Å². The quantitative estimate of drug-likeness (QED) is 0.110. The molecule has 0 aromatic rings. The summed E-state index contributed by atoms with van der Waals surface area (Å²) >= 11 is 1.64. The molecule has 2 atom stereocenters. The van der Waals surface area contributed by atoms with Crippen molar-refractivity contribution in [1.82, 2.24) is 10.6 Å². The van der Waals surface area contributed by atoms with Crippen LogP contribution in [0.1, 0.15) is 137 Å². The molecule has 0 saturated carbocycles. The van der Waals surface area contributed by atoms with Crippen molar-refractivity contribution >= 4 is 29.5 Å². The van der Waals surface area contributed by atoms with E-state index in [-0.39, 0.29) is 11.8 Å². The zero-order valence-corrected chi connectivity index (χ0v) is 24.6. The van der Waals surface area contributed by atoms with Gasteiger partial charge in [-0.1, -0.05) is 117 Å². The molecule has 0 heterocycles. The highest BCUT2D eigenvalue weighted by molar-refractivity contribution is 7.99. The lowest BCUT2D eigenvalue weighted by Gasteiger charge is -2.21. The van der Waals surface area contributed by atoms with Crippen LogP contribution in [0.4, 0.5) is 0 Å². The molecule has 0 rings (SSSR count). The molecule has 7 heteroatoms. The first-order valence-corrected chi connectivity index (χ1v) is 15.8. The summed E-state index contributed by atoms with van der Waals surface area (Å²) in [5.74, 6) is -0.199. The normalized spacial score (nSPS) is 12.9. The Kier molecular flexibility index (Phi) is 23.3. The predicted octanol–water partition coefficient (Wildman–Crippen LogP) is 7.10. The Bertz CT molecular complexity index is 571. The van der Waals surface area contributed by atoms with Crippen LogP contribution in [-0.2, 0) is 14.4 Å². The standard InChI is InChI=1S/C29H56N2O4S/c1-5-6-7-8-9-10-11-12-13-14-15-16-17-18-19-20-21-36-23-27(30-25(4)32)28(33)31-26(29(34)35)22-24(2)3/h24,26-27H,5-23H2,1-4H3,(H,30,32)(H,31,33)(H,34,35). The van der Waals surface area contributed by atoms with E-state index in [9.17, 15) is 19.5 Å². The number of carboxylic acid groups (broad SMARTS) is 1. The molecule has 0 fully saturated rings. The number of carboxylic acids is 1. The Labute approximate surface area is 225 Å². The minimum Gasteiger partial charge on any atom is -0.480 e. The van der Waals surface area contributed by atoms with Gasteiger partial charge in [-0.25, -0.2) is 4.79 Å². The minimum atomic E-state index is -1.04. The van der Waals surface area contributed by atoms with E-state index in [1.165, 1.54) is 103 Å². The van der Waals surface area contributed by atoms with Crippen LogP contribution in [0.25, 0.3) is 0 Å². The molecule has 0 aliphatic rings. The summed E-state index contributed by atoms with van der Waals surface area (Å²) in [5, 5.41) is 14.6. The van der Waals surface area contributed by atoms with E-state index in [1.807, 2.05) is 13.8 Å². The maximum Gasteiger partial charge on any atom is 0.326 e. The number of hydrogen-bond donors (Lipinski definition) is 3. The number of carbonyl (C=O) groups is 3. The van der Waals surface area contributed by atoms with Crippen molar-refractivity contribution in [2.45, 2.75) is 149 Å². The van der Waals surface area contributed by atoms with Gasteiger partial charge >= 0.3 is 5.97 Å². The summed E-state index contributed by atoms with van der Waals surface area (Å²) in [7, 11) is 0. The van der Waals surface area contributed by atoms with Crippen molar-refractivity contribution in [2.75, 3.05) is 11.5 Å². The van der Waals surface area contributed by atoms with Gasteiger partial charge in [-0.15, -0.1) is 0 Å². The fourth-order valence-electron chi connectivity index (χ4n) is 4.35. The molecule has 6 nitrogen and oxygen atoms in total. The van der Waals surface area contributed by atoms with Gasteiger partial charge in [0.05, 0.1) is 0 Å². The molecule has 0 spiro atoms. The van der Waals surface area contributed by atoms with Gasteiger partial charge in [0.15, 0.2) is 0 Å². The predicted molar refractivity (Wildman–Crippen MR) is 153 cm³/mol. The molecule has 212 valence electrons. The van der Waals surface area contributed by atoms with Crippen LogP contribution < -0.4 is 10.6 Å². The fourth-order valence-corrected chi connectivity index (χ4v) is 5.39. The van der Waals surface area contributed by atoms with E-state index in [2.05, 4.69) is 17.6 Å². The van der Waals surface area contributed by atoms with Crippen molar-refractivity contribution < 1.29 is 19.5 Å². The number of rotatable bonds is 25. The summed E-state index contributed by atoms with van der Waals surface area (Å²) in [6.45, 7) is 7.48. The number of hydrogen-bond acceptors (Lipinski definition) is 4. The smallest absolute Gasteiger partial charge is 0.326 e. The molecule has 0 aliphatic carbocycles. The van der Waals surface area contributed by atoms with Crippen molar-refractivity contribution in [2.24, 2.45) is 5.92 Å². The van der Waals surface area contributed by atoms with Crippen LogP contribution in [0.3, 0.4) is 0 Å². The van der Waals surface area contributed by atoms with Gasteiger partial charge in [-0.3, -0.25) is 9.59 Å². The fraction of sp³-hybridized carbons (Fsp3) is 0.897. The first kappa shape index (κ1) is 34.8. The number of nitrogens with one attached hydrogen (secondary N) is 2. The Balaban J connectivity index is 3.81. The number of thioether (sulfide) groups is 1. The Hall–Kier alpha value is -1.24. The average molecular weight is 529 g/mol. The monoisotopic (exact) mass is 528 g/mol. The molecule has 2 amide bonds. The van der Waals surface area contributed by atoms with Gasteiger partial charge in [0.1, 0.15) is 12.1 Å². The second-order valence-corrected chi connectivity index (χ2v) is 11.8. The lowest BCUT2D eigenvalue weighted by molar-refractivity contribution is -0.142. The molecule has 0 saturated heterocycles. The van der Waals surface area contributed by atoms with Crippen LogP contribution in [0.15, 0.2) is 0 Å². The zero-order valence-electron chi connectivity index (χ0n) is 23.7. The van der Waals surface area contributed by atoms with Crippen LogP contribution in [0.2, 0.25) is 0 Å². The molecule has 36 heavy (non-hydrogen) atoms. The second kappa shape index (κ2) is 24.1. The Morgan fingerprint density at radius 3 is 1.53 bits per heavy atom. The van der Waals surface area contributed by atoms with Gasteiger partial charge in [0.25, 0.3) is 0 Å². The first-order chi connectivity index (χ1) is 17.3. The summed E-state index contributed by atoms with van der Waals surface area (Å²) in [6.07, 6.45) is 21.9. The summed E-state index contributed by atoms with van der Waals surface area (Å²) in [4.78, 5) is 35.6. The number of aliphatic carboxylic acids is 1. The van der Waals surface area contributed by atoms with E-state index in [0.717, 1.165) is 12.2 Å². The topological polar surface area (TPSA) is 95.5 Å². The van der Waals surface area contributed by atoms with Gasteiger partial charge in [-0.05, 0) is 24.5 Å². The van der Waals surface area contributed by atoms with Crippen LogP contribution in [0, 0.1) is 5.92 Å². The van der Waals surface area contributed by atoms with E-state index in [1.54, 1.807) is 11.8 Å². The third-order valence-corrected chi connectivity index (χ3v) is 7.59. The lowest BCUT2D eigenvalue weighted by Crippen LogP contribution is -2.52. The third kappa shape index (κ3) is 22.0. The van der Waals surface area contributed by atoms with E-state index >= 15 is 0 Å². The molecular formula is C29H56N2O4S. The van der Waals surface area contributed by atoms with Gasteiger partial charge in [0.2, 0.25) is 11.8 Å². The van der Waals surface area contributed by atoms with Crippen molar-refractivity contribution in [3.8, 4) is 0 Å². The highest BCUT2D eigenvalue weighted by atomic mass is 32.2. The van der Waals surface area contributed by atoms with Gasteiger partial charge < -0.3 is 15.7 Å². The van der Waals surface area contributed by atoms with Gasteiger partial charge in [0, 0.05) is 12.7 Å². The van der Waals surface area contributed by atoms with E-state index in [4.69, 9.17) is 0 Å². The molecular weight excluding hydrogens is 472 g/mol. The number of unbranched alkanes of at least 4 members (excludes halogenated alkanes) is 15. The van der Waals surface area contributed by atoms with Crippen LogP contribution in [-0.4, -0.2) is 46.5 Å². The molecule has 2 unspecified atom stereocenters. The van der Waals surface area contributed by atoms with E-state index < -0.39 is 24.0 Å². The largest absolute Gasteiger partial charge is 0.480 e.